The molecule has 82 heavy (non-hydrogen) atoms. The number of phenols is 1. The van der Waals surface area contributed by atoms with Gasteiger partial charge in [0.1, 0.15) is 5.75 Å². The number of aryl methyl sites for hydroxylation is 3. The van der Waals surface area contributed by atoms with Crippen molar-refractivity contribution < 1.29 is 145 Å². The predicted molar refractivity (Wildman–Crippen MR) is 257 cm³/mol. The second kappa shape index (κ2) is 26.1. The van der Waals surface area contributed by atoms with Gasteiger partial charge in [-0.25, -0.2) is 0 Å². The third-order valence-corrected chi connectivity index (χ3v) is 19.0. The summed E-state index contributed by atoms with van der Waals surface area (Å²) in [5.74, 6) is 3.21. The van der Waals surface area contributed by atoms with Crippen molar-refractivity contribution in [3.8, 4) is 5.75 Å². The van der Waals surface area contributed by atoms with Crippen molar-refractivity contribution in [2.75, 3.05) is 66.7 Å². The fraction of sp³-hybridized carbons (Fsp3) is 0.782. The first-order valence-corrected chi connectivity index (χ1v) is 27.0. The smallest absolute Gasteiger partial charge is 0.435 e. The van der Waals surface area contributed by atoms with Gasteiger partial charge in [-0.1, -0.05) is 43.7 Å². The second-order valence-corrected chi connectivity index (χ2v) is 23.5. The van der Waals surface area contributed by atoms with Crippen LogP contribution in [-0.4, -0.2) is 142 Å². The van der Waals surface area contributed by atoms with Gasteiger partial charge in [-0.3, -0.25) is 0 Å². The number of fused-ring (bicyclic) bond motifs is 10. The number of benzene rings is 2. The molecule has 4 fully saturated rings. The van der Waals surface area contributed by atoms with E-state index < -0.39 is 74.6 Å². The number of halogens is 18. The molecule has 0 heterocycles. The zero-order valence-corrected chi connectivity index (χ0v) is 51.7. The molecule has 1 N–H and O–H groups in total. The summed E-state index contributed by atoms with van der Waals surface area (Å²) in [5.41, 5.74) is -5.94. The minimum absolute atomic E-state index is 0. The van der Waals surface area contributed by atoms with Crippen molar-refractivity contribution in [3.05, 3.63) is 64.2 Å². The molecule has 4 saturated carbocycles. The fourth-order valence-electron chi connectivity index (χ4n) is 14.8. The molecule has 2 aromatic rings. The summed E-state index contributed by atoms with van der Waals surface area (Å²) in [6.07, 6.45) is -28.7. The van der Waals surface area contributed by atoms with Crippen molar-refractivity contribution >= 4 is 0 Å². The maximum Gasteiger partial charge on any atom is 0.435 e. The van der Waals surface area contributed by atoms with Crippen molar-refractivity contribution in [1.82, 2.24) is 9.80 Å². The molecule has 0 aliphatic heterocycles. The fourth-order valence-corrected chi connectivity index (χ4v) is 14.8. The average Bonchev–Trinajstić information content (AvgIpc) is 4.01. The van der Waals surface area contributed by atoms with Gasteiger partial charge in [0.15, 0.2) is 0 Å². The number of alkyl halides is 18. The standard InChI is InChI=1S/C28H36F9NO2.C27H34F9NO3.2W/c1-17-4-6-19-18(16-17)5-7-21-20(19)10-11-24(2)22(21)8-9-23(24)39-14-12-38(3)13-15-40-25(26(29,30)31,27(32,33)34)28(35,36)37;1-23-10-9-19-18-6-4-17(38)15-16(18)3-5-20(19)21(23)7-8-22(23)39-13-11-37(2)12-14-40-24(25(28,29)30,26(31,32)33)27(34,35)36;;/h4,6,16,20-23H,5,7-15H2,1-3H3;4,6,15,19-22,38H,3,5,7-14H2,1-2H3;;/t20?,21?,22?,23-,24-;19?,20?,21?,22-,23-;;/m00../s1. The Morgan fingerprint density at radius 3 is 1.18 bits per heavy atom. The van der Waals surface area contributed by atoms with Crippen molar-refractivity contribution in [3.63, 3.8) is 0 Å². The maximum atomic E-state index is 13.0. The zero-order chi connectivity index (χ0) is 59.5. The van der Waals surface area contributed by atoms with Crippen LogP contribution in [0.5, 0.6) is 5.75 Å². The van der Waals surface area contributed by atoms with E-state index in [2.05, 4.69) is 48.4 Å². The Morgan fingerprint density at radius 2 is 0.817 bits per heavy atom. The first-order chi connectivity index (χ1) is 36.8. The van der Waals surface area contributed by atoms with Gasteiger partial charge in [-0.05, 0) is 179 Å². The minimum atomic E-state index is -6.74. The molecule has 8 rings (SSSR count). The summed E-state index contributed by atoms with van der Waals surface area (Å²) in [6.45, 7) is 3.07. The number of likely N-dealkylation sites (N-methyl/N-ethyl adjacent to an activating group) is 2. The molecule has 10 atom stereocenters. The van der Waals surface area contributed by atoms with Gasteiger partial charge in [-0.15, -0.1) is 0 Å². The summed E-state index contributed by atoms with van der Waals surface area (Å²) in [7, 11) is 2.75. The molecular formula is C55H70F18N2O5W2. The molecule has 0 amide bonds. The third-order valence-electron chi connectivity index (χ3n) is 19.0. The second-order valence-electron chi connectivity index (χ2n) is 23.5. The molecule has 6 aliphatic carbocycles. The molecular weight excluding hydrogens is 1480 g/mol. The predicted octanol–water partition coefficient (Wildman–Crippen LogP) is 14.6. The van der Waals surface area contributed by atoms with E-state index in [0.717, 1.165) is 77.0 Å². The van der Waals surface area contributed by atoms with Crippen molar-refractivity contribution in [2.24, 2.45) is 34.5 Å². The zero-order valence-electron chi connectivity index (χ0n) is 45.8. The van der Waals surface area contributed by atoms with Gasteiger partial charge in [0, 0.05) is 68.3 Å². The first kappa shape index (κ1) is 70.9. The SMILES string of the molecule is CN(CCO[C@H]1CCC2C3CCc4cc(O)ccc4C3CC[C@@]21C)CCOC(C(F)(F)F)(C(F)(F)F)C(F)(F)F.Cc1ccc2c(c1)CCC1C2CC[C@@]2(C)C1CC[C@@H]2OCCN(C)CCOC(C(F)(F)F)(C(F)(F)F)C(F)(F)F.[W].[W]. The van der Waals surface area contributed by atoms with Gasteiger partial charge >= 0.3 is 48.3 Å². The molecule has 0 saturated heterocycles. The van der Waals surface area contributed by atoms with Crippen LogP contribution in [0.25, 0.3) is 0 Å². The number of ether oxygens (including phenoxy) is 4. The van der Waals surface area contributed by atoms with E-state index in [9.17, 15) is 84.1 Å². The van der Waals surface area contributed by atoms with E-state index in [1.165, 1.54) is 51.7 Å². The molecule has 6 unspecified atom stereocenters. The summed E-state index contributed by atoms with van der Waals surface area (Å²) in [6, 6.07) is 12.3. The molecule has 2 aromatic carbocycles. The Balaban J connectivity index is 0.000000293. The first-order valence-electron chi connectivity index (χ1n) is 27.0. The average molecular weight is 1550 g/mol. The van der Waals surface area contributed by atoms with Crippen LogP contribution in [0.2, 0.25) is 0 Å². The van der Waals surface area contributed by atoms with Crippen LogP contribution in [0.3, 0.4) is 0 Å². The largest absolute Gasteiger partial charge is 0.508 e. The van der Waals surface area contributed by atoms with Gasteiger partial charge in [0.05, 0.1) is 38.6 Å². The monoisotopic (exact) mass is 1550 g/mol. The Bertz CT molecular complexity index is 2180. The summed E-state index contributed by atoms with van der Waals surface area (Å²) >= 11 is 0. The Morgan fingerprint density at radius 1 is 0.476 bits per heavy atom. The van der Waals surface area contributed by atoms with Crippen molar-refractivity contribution in [2.45, 2.75) is 170 Å². The van der Waals surface area contributed by atoms with E-state index in [4.69, 9.17) is 9.47 Å². The molecule has 6 aliphatic rings. The number of nitrogens with zero attached hydrogens (tertiary/aromatic N) is 2. The number of hydrogen-bond donors (Lipinski definition) is 1. The van der Waals surface area contributed by atoms with E-state index >= 15 is 0 Å². The Hall–Kier alpha value is -1.88. The summed E-state index contributed by atoms with van der Waals surface area (Å²) in [4.78, 5) is 2.59. The quantitative estimate of drug-likeness (QED) is 0.168. The van der Waals surface area contributed by atoms with E-state index in [1.54, 1.807) is 6.07 Å². The van der Waals surface area contributed by atoms with Gasteiger partial charge in [0.2, 0.25) is 0 Å². The molecule has 0 bridgehead atoms. The van der Waals surface area contributed by atoms with E-state index in [1.807, 2.05) is 12.1 Å². The van der Waals surface area contributed by atoms with Gasteiger partial charge < -0.3 is 33.9 Å². The topological polar surface area (TPSA) is 63.6 Å². The summed E-state index contributed by atoms with van der Waals surface area (Å²) < 4.78 is 254. The van der Waals surface area contributed by atoms with E-state index in [0.29, 0.717) is 35.5 Å². The van der Waals surface area contributed by atoms with Crippen LogP contribution in [0.15, 0.2) is 36.4 Å². The normalized spacial score (nSPS) is 28.6. The molecule has 0 radical (unpaired) electrons. The Labute approximate surface area is 494 Å². The Kier molecular flexibility index (Phi) is 22.5. The third kappa shape index (κ3) is 13.7. The van der Waals surface area contributed by atoms with E-state index in [-0.39, 0.29) is 97.2 Å². The molecule has 0 spiro atoms. The number of phenolic OH excluding ortho intramolecular Hbond substituents is 1. The van der Waals surface area contributed by atoms with Crippen LogP contribution >= 0.6 is 0 Å². The number of rotatable bonds is 16. The van der Waals surface area contributed by atoms with Crippen LogP contribution in [0, 0.1) is 41.4 Å². The van der Waals surface area contributed by atoms with Crippen molar-refractivity contribution in [1.29, 1.82) is 0 Å². The molecule has 27 heteroatoms. The maximum absolute atomic E-state index is 13.0. The van der Waals surface area contributed by atoms with Crippen LogP contribution in [0.4, 0.5) is 79.0 Å². The molecule has 0 aromatic heterocycles. The molecule has 468 valence electrons. The van der Waals surface area contributed by atoms with Crippen LogP contribution in [-0.2, 0) is 73.9 Å². The number of aromatic hydroxyl groups is 1. The molecule has 7 nitrogen and oxygen atoms in total. The van der Waals surface area contributed by atoms with Gasteiger partial charge in [-0.2, -0.15) is 79.0 Å². The van der Waals surface area contributed by atoms with Crippen LogP contribution < -0.4 is 0 Å². The van der Waals surface area contributed by atoms with Crippen LogP contribution in [0.1, 0.15) is 118 Å². The number of hydrogen-bond acceptors (Lipinski definition) is 7. The van der Waals surface area contributed by atoms with Gasteiger partial charge in [0.25, 0.3) is 0 Å². The summed E-state index contributed by atoms with van der Waals surface area (Å²) in [5, 5.41) is 9.85. The minimum Gasteiger partial charge on any atom is -0.508 e.